The molecule has 118 valence electrons. The van der Waals surface area contributed by atoms with Crippen molar-refractivity contribution in [3.05, 3.63) is 48.3 Å². The van der Waals surface area contributed by atoms with Crippen molar-refractivity contribution in [1.82, 2.24) is 15.1 Å². The molecule has 1 aromatic heterocycles. The summed E-state index contributed by atoms with van der Waals surface area (Å²) in [4.78, 5) is 0. The SMILES string of the molecule is CC1(CNCc2cccc(-n3cccn3)c2)CCCCC1O. The van der Waals surface area contributed by atoms with Crippen molar-refractivity contribution in [3.8, 4) is 5.69 Å². The number of benzene rings is 1. The highest BCUT2D eigenvalue weighted by Crippen LogP contribution is 2.35. The third-order valence-electron chi connectivity index (χ3n) is 4.82. The number of nitrogens with zero attached hydrogens (tertiary/aromatic N) is 2. The number of hydrogen-bond donors (Lipinski definition) is 2. The summed E-state index contributed by atoms with van der Waals surface area (Å²) in [6, 6.07) is 10.3. The van der Waals surface area contributed by atoms with Gasteiger partial charge in [0.05, 0.1) is 11.8 Å². The standard InChI is InChI=1S/C18H25N3O/c1-18(9-3-2-8-17(18)22)14-19-13-15-6-4-7-16(12-15)21-11-5-10-20-21/h4-7,10-12,17,19,22H,2-3,8-9,13-14H2,1H3. The molecule has 1 aliphatic rings. The van der Waals surface area contributed by atoms with Gasteiger partial charge in [-0.05, 0) is 36.6 Å². The van der Waals surface area contributed by atoms with E-state index in [9.17, 15) is 5.11 Å². The average molecular weight is 299 g/mol. The van der Waals surface area contributed by atoms with Gasteiger partial charge in [0.2, 0.25) is 0 Å². The highest BCUT2D eigenvalue weighted by Gasteiger charge is 2.34. The second kappa shape index (κ2) is 6.63. The Hall–Kier alpha value is -1.65. The molecule has 0 bridgehead atoms. The quantitative estimate of drug-likeness (QED) is 0.892. The van der Waals surface area contributed by atoms with Gasteiger partial charge < -0.3 is 10.4 Å². The van der Waals surface area contributed by atoms with E-state index in [1.807, 2.05) is 16.9 Å². The minimum absolute atomic E-state index is 0.0117. The molecule has 0 amide bonds. The maximum absolute atomic E-state index is 10.2. The Labute approximate surface area is 132 Å². The van der Waals surface area contributed by atoms with Crippen molar-refractivity contribution in [3.63, 3.8) is 0 Å². The van der Waals surface area contributed by atoms with Crippen LogP contribution in [0.1, 0.15) is 38.2 Å². The third kappa shape index (κ3) is 3.39. The minimum Gasteiger partial charge on any atom is -0.393 e. The predicted octanol–water partition coefficient (Wildman–Crippen LogP) is 2.90. The molecule has 4 heteroatoms. The van der Waals surface area contributed by atoms with Crippen LogP contribution in [-0.2, 0) is 6.54 Å². The Balaban J connectivity index is 1.59. The second-order valence-electron chi connectivity index (χ2n) is 6.64. The Bertz CT molecular complexity index is 596. The fourth-order valence-corrected chi connectivity index (χ4v) is 3.31. The first kappa shape index (κ1) is 15.3. The zero-order chi connectivity index (χ0) is 15.4. The predicted molar refractivity (Wildman–Crippen MR) is 87.9 cm³/mol. The van der Waals surface area contributed by atoms with E-state index in [1.54, 1.807) is 6.20 Å². The van der Waals surface area contributed by atoms with E-state index in [0.717, 1.165) is 38.0 Å². The van der Waals surface area contributed by atoms with E-state index in [-0.39, 0.29) is 11.5 Å². The van der Waals surface area contributed by atoms with Gasteiger partial charge in [-0.2, -0.15) is 5.10 Å². The number of aliphatic hydroxyl groups excluding tert-OH is 1. The third-order valence-corrected chi connectivity index (χ3v) is 4.82. The molecule has 0 spiro atoms. The molecule has 0 aliphatic heterocycles. The van der Waals surface area contributed by atoms with Crippen molar-refractivity contribution < 1.29 is 5.11 Å². The lowest BCUT2D eigenvalue weighted by atomic mass is 9.73. The minimum atomic E-state index is -0.177. The molecule has 1 heterocycles. The number of aromatic nitrogens is 2. The van der Waals surface area contributed by atoms with Gasteiger partial charge in [0.25, 0.3) is 0 Å². The Morgan fingerprint density at radius 3 is 3.05 bits per heavy atom. The van der Waals surface area contributed by atoms with Crippen LogP contribution >= 0.6 is 0 Å². The summed E-state index contributed by atoms with van der Waals surface area (Å²) in [5.74, 6) is 0. The van der Waals surface area contributed by atoms with Gasteiger partial charge in [-0.15, -0.1) is 0 Å². The Morgan fingerprint density at radius 1 is 1.36 bits per heavy atom. The van der Waals surface area contributed by atoms with Crippen molar-refractivity contribution >= 4 is 0 Å². The monoisotopic (exact) mass is 299 g/mol. The summed E-state index contributed by atoms with van der Waals surface area (Å²) in [7, 11) is 0. The first-order valence-electron chi connectivity index (χ1n) is 8.15. The number of rotatable bonds is 5. The molecule has 2 aromatic rings. The van der Waals surface area contributed by atoms with Gasteiger partial charge in [-0.3, -0.25) is 0 Å². The van der Waals surface area contributed by atoms with Crippen molar-refractivity contribution in [2.45, 2.75) is 45.3 Å². The van der Waals surface area contributed by atoms with Crippen LogP contribution in [0.4, 0.5) is 0 Å². The molecular formula is C18H25N3O. The van der Waals surface area contributed by atoms with Gasteiger partial charge in [-0.25, -0.2) is 4.68 Å². The number of hydrogen-bond acceptors (Lipinski definition) is 3. The van der Waals surface area contributed by atoms with Crippen LogP contribution in [0.25, 0.3) is 5.69 Å². The van der Waals surface area contributed by atoms with Gasteiger partial charge in [0.1, 0.15) is 0 Å². The average Bonchev–Trinajstić information content (AvgIpc) is 3.05. The molecule has 3 rings (SSSR count). The van der Waals surface area contributed by atoms with Crippen molar-refractivity contribution in [2.75, 3.05) is 6.54 Å². The van der Waals surface area contributed by atoms with E-state index in [4.69, 9.17) is 0 Å². The summed E-state index contributed by atoms with van der Waals surface area (Å²) in [5, 5.41) is 18.0. The lowest BCUT2D eigenvalue weighted by Gasteiger charge is -2.38. The van der Waals surface area contributed by atoms with Crippen LogP contribution in [0, 0.1) is 5.41 Å². The van der Waals surface area contributed by atoms with Crippen LogP contribution in [0.3, 0.4) is 0 Å². The molecule has 1 aliphatic carbocycles. The molecule has 2 unspecified atom stereocenters. The molecule has 2 atom stereocenters. The first-order valence-corrected chi connectivity index (χ1v) is 8.15. The molecule has 4 nitrogen and oxygen atoms in total. The van der Waals surface area contributed by atoms with Crippen LogP contribution < -0.4 is 5.32 Å². The van der Waals surface area contributed by atoms with E-state index in [2.05, 4.69) is 41.6 Å². The Kier molecular flexibility index (Phi) is 4.60. The molecule has 1 fully saturated rings. The van der Waals surface area contributed by atoms with Gasteiger partial charge in [0, 0.05) is 30.9 Å². The fourth-order valence-electron chi connectivity index (χ4n) is 3.31. The van der Waals surface area contributed by atoms with Crippen molar-refractivity contribution in [1.29, 1.82) is 0 Å². The zero-order valence-electron chi connectivity index (χ0n) is 13.2. The maximum atomic E-state index is 10.2. The summed E-state index contributed by atoms with van der Waals surface area (Å²) in [6.07, 6.45) is 7.99. The van der Waals surface area contributed by atoms with Gasteiger partial charge >= 0.3 is 0 Å². The smallest absolute Gasteiger partial charge is 0.0648 e. The molecule has 22 heavy (non-hydrogen) atoms. The van der Waals surface area contributed by atoms with E-state index in [0.29, 0.717) is 0 Å². The van der Waals surface area contributed by atoms with Gasteiger partial charge in [-0.1, -0.05) is 31.9 Å². The molecule has 1 saturated carbocycles. The summed E-state index contributed by atoms with van der Waals surface area (Å²) >= 11 is 0. The largest absolute Gasteiger partial charge is 0.393 e. The molecule has 0 saturated heterocycles. The zero-order valence-corrected chi connectivity index (χ0v) is 13.2. The maximum Gasteiger partial charge on any atom is 0.0648 e. The highest BCUT2D eigenvalue weighted by molar-refractivity contribution is 5.34. The first-order chi connectivity index (χ1) is 10.7. The second-order valence-corrected chi connectivity index (χ2v) is 6.64. The highest BCUT2D eigenvalue weighted by atomic mass is 16.3. The number of nitrogens with one attached hydrogen (secondary N) is 1. The van der Waals surface area contributed by atoms with Crippen LogP contribution in [-0.4, -0.2) is 27.5 Å². The molecule has 2 N–H and O–H groups in total. The molecule has 1 aromatic carbocycles. The molecular weight excluding hydrogens is 274 g/mol. The molecule has 0 radical (unpaired) electrons. The van der Waals surface area contributed by atoms with Gasteiger partial charge in [0.15, 0.2) is 0 Å². The fraction of sp³-hybridized carbons (Fsp3) is 0.500. The van der Waals surface area contributed by atoms with Crippen LogP contribution in [0.5, 0.6) is 0 Å². The van der Waals surface area contributed by atoms with E-state index in [1.165, 1.54) is 12.0 Å². The van der Waals surface area contributed by atoms with Crippen LogP contribution in [0.2, 0.25) is 0 Å². The topological polar surface area (TPSA) is 50.1 Å². The van der Waals surface area contributed by atoms with E-state index < -0.39 is 0 Å². The van der Waals surface area contributed by atoms with Crippen LogP contribution in [0.15, 0.2) is 42.7 Å². The lowest BCUT2D eigenvalue weighted by molar-refractivity contribution is 0.00115. The number of aliphatic hydroxyl groups is 1. The normalized spacial score (nSPS) is 25.3. The van der Waals surface area contributed by atoms with Crippen molar-refractivity contribution in [2.24, 2.45) is 5.41 Å². The van der Waals surface area contributed by atoms with E-state index >= 15 is 0 Å². The summed E-state index contributed by atoms with van der Waals surface area (Å²) < 4.78 is 1.87. The summed E-state index contributed by atoms with van der Waals surface area (Å²) in [6.45, 7) is 3.88. The lowest BCUT2D eigenvalue weighted by Crippen LogP contribution is -2.43. The summed E-state index contributed by atoms with van der Waals surface area (Å²) in [5.41, 5.74) is 2.33. The Morgan fingerprint density at radius 2 is 2.27 bits per heavy atom.